The van der Waals surface area contributed by atoms with Crippen molar-refractivity contribution in [2.24, 2.45) is 7.05 Å². The molecule has 4 rings (SSSR count). The number of hydrogen-bond donors (Lipinski definition) is 1. The molecule has 0 atom stereocenters. The molecule has 3 aromatic rings. The second-order valence-corrected chi connectivity index (χ2v) is 7.41. The molecule has 1 aromatic carbocycles. The van der Waals surface area contributed by atoms with Crippen molar-refractivity contribution in [3.05, 3.63) is 58.4 Å². The number of carbonyl (C=O) groups is 1. The van der Waals surface area contributed by atoms with Crippen LogP contribution in [0, 0.1) is 6.92 Å². The van der Waals surface area contributed by atoms with E-state index in [9.17, 15) is 4.79 Å². The van der Waals surface area contributed by atoms with Gasteiger partial charge in [-0.15, -0.1) is 0 Å². The van der Waals surface area contributed by atoms with E-state index in [-0.39, 0.29) is 5.91 Å². The highest BCUT2D eigenvalue weighted by molar-refractivity contribution is 6.06. The van der Waals surface area contributed by atoms with Gasteiger partial charge in [-0.05, 0) is 43.9 Å². The van der Waals surface area contributed by atoms with Gasteiger partial charge in [-0.1, -0.05) is 24.3 Å². The van der Waals surface area contributed by atoms with Gasteiger partial charge in [-0.25, -0.2) is 4.98 Å². The highest BCUT2D eigenvalue weighted by Crippen LogP contribution is 2.40. The van der Waals surface area contributed by atoms with Crippen LogP contribution >= 0.6 is 0 Å². The Morgan fingerprint density at radius 2 is 1.96 bits per heavy atom. The highest BCUT2D eigenvalue weighted by Gasteiger charge is 2.28. The Morgan fingerprint density at radius 3 is 2.64 bits per heavy atom. The maximum Gasteiger partial charge on any atom is 0.252 e. The van der Waals surface area contributed by atoms with Gasteiger partial charge in [0.15, 0.2) is 5.65 Å². The summed E-state index contributed by atoms with van der Waals surface area (Å²) in [4.78, 5) is 17.8. The van der Waals surface area contributed by atoms with E-state index in [1.807, 2.05) is 51.2 Å². The largest absolute Gasteiger partial charge is 0.377 e. The molecule has 2 aromatic heterocycles. The first-order valence-corrected chi connectivity index (χ1v) is 9.84. The van der Waals surface area contributed by atoms with E-state index in [0.29, 0.717) is 31.2 Å². The zero-order valence-corrected chi connectivity index (χ0v) is 16.7. The lowest BCUT2D eigenvalue weighted by molar-refractivity contribution is 0.0952. The summed E-state index contributed by atoms with van der Waals surface area (Å²) in [7, 11) is 1.88. The molecule has 1 saturated carbocycles. The quantitative estimate of drug-likeness (QED) is 0.682. The third-order valence-electron chi connectivity index (χ3n) is 5.18. The summed E-state index contributed by atoms with van der Waals surface area (Å²) in [5.41, 5.74) is 5.48. The molecule has 1 N–H and O–H groups in total. The summed E-state index contributed by atoms with van der Waals surface area (Å²) in [5, 5.41) is 8.37. The molecule has 28 heavy (non-hydrogen) atoms. The summed E-state index contributed by atoms with van der Waals surface area (Å²) >= 11 is 0. The van der Waals surface area contributed by atoms with Crippen LogP contribution < -0.4 is 5.32 Å². The lowest BCUT2D eigenvalue weighted by Crippen LogP contribution is -2.23. The second kappa shape index (κ2) is 7.72. The van der Waals surface area contributed by atoms with Gasteiger partial charge in [0.1, 0.15) is 0 Å². The molecule has 0 spiro atoms. The Hall–Kier alpha value is -2.73. The molecular weight excluding hydrogens is 352 g/mol. The van der Waals surface area contributed by atoms with Gasteiger partial charge >= 0.3 is 0 Å². The van der Waals surface area contributed by atoms with Gasteiger partial charge in [-0.3, -0.25) is 9.48 Å². The maximum absolute atomic E-state index is 13.0. The van der Waals surface area contributed by atoms with E-state index >= 15 is 0 Å². The summed E-state index contributed by atoms with van der Waals surface area (Å²) in [6, 6.07) is 10.1. The first-order chi connectivity index (χ1) is 13.6. The number of pyridine rings is 1. The Morgan fingerprint density at radius 1 is 1.25 bits per heavy atom. The van der Waals surface area contributed by atoms with Gasteiger partial charge in [0.25, 0.3) is 5.91 Å². The van der Waals surface area contributed by atoms with Crippen molar-refractivity contribution < 1.29 is 9.53 Å². The van der Waals surface area contributed by atoms with Gasteiger partial charge in [0.2, 0.25) is 0 Å². The summed E-state index contributed by atoms with van der Waals surface area (Å²) in [6.45, 7) is 5.71. The molecule has 2 heterocycles. The van der Waals surface area contributed by atoms with E-state index in [1.165, 1.54) is 0 Å². The topological polar surface area (TPSA) is 69.0 Å². The number of aromatic nitrogens is 3. The summed E-state index contributed by atoms with van der Waals surface area (Å²) in [5.74, 6) is 0.396. The standard InChI is InChI=1S/C22H26N4O2/c1-4-28-13-16-7-5-15(6-8-16)12-23-22(27)18-11-19(17-9-10-17)24-21-20(18)14(2)25-26(21)3/h5-8,11,17H,4,9-10,12-13H2,1-3H3,(H,23,27). The molecule has 0 radical (unpaired) electrons. The number of hydrogen-bond acceptors (Lipinski definition) is 4. The third kappa shape index (κ3) is 3.78. The molecular formula is C22H26N4O2. The minimum absolute atomic E-state index is 0.0798. The van der Waals surface area contributed by atoms with Crippen molar-refractivity contribution in [3.63, 3.8) is 0 Å². The normalized spacial score (nSPS) is 13.8. The van der Waals surface area contributed by atoms with Crippen LogP contribution in [-0.2, 0) is 24.9 Å². The average Bonchev–Trinajstić information content (AvgIpc) is 3.51. The van der Waals surface area contributed by atoms with Crippen LogP contribution in [0.5, 0.6) is 0 Å². The second-order valence-electron chi connectivity index (χ2n) is 7.41. The fourth-order valence-corrected chi connectivity index (χ4v) is 3.48. The van der Waals surface area contributed by atoms with Crippen molar-refractivity contribution >= 4 is 16.9 Å². The van der Waals surface area contributed by atoms with Crippen molar-refractivity contribution in [2.75, 3.05) is 6.61 Å². The number of nitrogens with one attached hydrogen (secondary N) is 1. The fraction of sp³-hybridized carbons (Fsp3) is 0.409. The molecule has 0 bridgehead atoms. The first-order valence-electron chi connectivity index (χ1n) is 9.84. The number of rotatable bonds is 7. The number of amides is 1. The van der Waals surface area contributed by atoms with Crippen LogP contribution in [0.15, 0.2) is 30.3 Å². The molecule has 1 aliphatic carbocycles. The minimum atomic E-state index is -0.0798. The van der Waals surface area contributed by atoms with E-state index in [2.05, 4.69) is 10.4 Å². The summed E-state index contributed by atoms with van der Waals surface area (Å²) in [6.07, 6.45) is 2.29. The van der Waals surface area contributed by atoms with E-state index in [4.69, 9.17) is 9.72 Å². The third-order valence-corrected chi connectivity index (χ3v) is 5.18. The first kappa shape index (κ1) is 18.6. The Kier molecular flexibility index (Phi) is 5.13. The number of aryl methyl sites for hydroxylation is 2. The molecule has 146 valence electrons. The lowest BCUT2D eigenvalue weighted by Gasteiger charge is -2.10. The predicted octanol–water partition coefficient (Wildman–Crippen LogP) is 3.62. The minimum Gasteiger partial charge on any atom is -0.377 e. The van der Waals surface area contributed by atoms with Crippen LogP contribution in [0.1, 0.15) is 58.6 Å². The molecule has 0 unspecified atom stereocenters. The Bertz CT molecular complexity index is 1000. The lowest BCUT2D eigenvalue weighted by atomic mass is 10.1. The molecule has 6 nitrogen and oxygen atoms in total. The zero-order valence-electron chi connectivity index (χ0n) is 16.7. The van der Waals surface area contributed by atoms with Crippen LogP contribution in [0.4, 0.5) is 0 Å². The van der Waals surface area contributed by atoms with Crippen molar-refractivity contribution in [3.8, 4) is 0 Å². The van der Waals surface area contributed by atoms with E-state index in [0.717, 1.165) is 46.4 Å². The van der Waals surface area contributed by atoms with Gasteiger partial charge in [0.05, 0.1) is 23.3 Å². The number of carbonyl (C=O) groups excluding carboxylic acids is 1. The van der Waals surface area contributed by atoms with Gasteiger partial charge in [0, 0.05) is 31.8 Å². The molecule has 0 aliphatic heterocycles. The molecule has 1 amide bonds. The fourth-order valence-electron chi connectivity index (χ4n) is 3.48. The SMILES string of the molecule is CCOCc1ccc(CNC(=O)c2cc(C3CC3)nc3c2c(C)nn3C)cc1. The van der Waals surface area contributed by atoms with Crippen LogP contribution in [-0.4, -0.2) is 27.3 Å². The maximum atomic E-state index is 13.0. The number of ether oxygens (including phenoxy) is 1. The predicted molar refractivity (Wildman–Crippen MR) is 108 cm³/mol. The molecule has 6 heteroatoms. The zero-order chi connectivity index (χ0) is 19.7. The van der Waals surface area contributed by atoms with Crippen molar-refractivity contribution in [1.82, 2.24) is 20.1 Å². The van der Waals surface area contributed by atoms with Crippen molar-refractivity contribution in [1.29, 1.82) is 0 Å². The number of fused-ring (bicyclic) bond motifs is 1. The van der Waals surface area contributed by atoms with E-state index in [1.54, 1.807) is 4.68 Å². The van der Waals surface area contributed by atoms with Crippen LogP contribution in [0.25, 0.3) is 11.0 Å². The molecule has 0 saturated heterocycles. The van der Waals surface area contributed by atoms with E-state index < -0.39 is 0 Å². The monoisotopic (exact) mass is 378 g/mol. The Labute approximate surface area is 164 Å². The number of nitrogens with zero attached hydrogens (tertiary/aromatic N) is 3. The van der Waals surface area contributed by atoms with Gasteiger partial charge in [-0.2, -0.15) is 5.10 Å². The van der Waals surface area contributed by atoms with Crippen LogP contribution in [0.3, 0.4) is 0 Å². The van der Waals surface area contributed by atoms with Gasteiger partial charge < -0.3 is 10.1 Å². The molecule has 1 fully saturated rings. The van der Waals surface area contributed by atoms with Crippen LogP contribution in [0.2, 0.25) is 0 Å². The average molecular weight is 378 g/mol. The smallest absolute Gasteiger partial charge is 0.252 e. The molecule has 1 aliphatic rings. The summed E-state index contributed by atoms with van der Waals surface area (Å²) < 4.78 is 7.19. The highest BCUT2D eigenvalue weighted by atomic mass is 16.5. The number of benzene rings is 1. The van der Waals surface area contributed by atoms with Crippen molar-refractivity contribution in [2.45, 2.75) is 45.8 Å². The Balaban J connectivity index is 1.54.